The fraction of sp³-hybridized carbons (Fsp3) is 0.500. The second-order valence-corrected chi connectivity index (χ2v) is 4.95. The van der Waals surface area contributed by atoms with E-state index in [1.807, 2.05) is 33.0 Å². The Morgan fingerprint density at radius 2 is 2.11 bits per heavy atom. The molecular formula is C14H20N2O2. The third-order valence-electron chi connectivity index (χ3n) is 3.47. The minimum atomic E-state index is 0.0266. The molecule has 0 spiro atoms. The van der Waals surface area contributed by atoms with Crippen LogP contribution in [0.25, 0.3) is 0 Å². The van der Waals surface area contributed by atoms with E-state index in [1.165, 1.54) is 0 Å². The molecule has 1 aromatic carbocycles. The van der Waals surface area contributed by atoms with Gasteiger partial charge in [0.25, 0.3) is 5.91 Å². The van der Waals surface area contributed by atoms with Crippen molar-refractivity contribution in [2.75, 3.05) is 19.4 Å². The van der Waals surface area contributed by atoms with Crippen LogP contribution in [-0.4, -0.2) is 30.5 Å². The van der Waals surface area contributed by atoms with Crippen LogP contribution in [0.5, 0.6) is 5.75 Å². The molecule has 4 heteroatoms. The summed E-state index contributed by atoms with van der Waals surface area (Å²) >= 11 is 0. The lowest BCUT2D eigenvalue weighted by Gasteiger charge is -2.18. The van der Waals surface area contributed by atoms with Gasteiger partial charge in [-0.1, -0.05) is 6.07 Å². The Labute approximate surface area is 108 Å². The van der Waals surface area contributed by atoms with Crippen LogP contribution in [0, 0.1) is 13.8 Å². The number of carbonyl (C=O) groups is 1. The van der Waals surface area contributed by atoms with Crippen molar-refractivity contribution in [1.82, 2.24) is 4.90 Å². The zero-order valence-electron chi connectivity index (χ0n) is 11.2. The molecule has 0 atom stereocenters. The number of nitrogen functional groups attached to an aromatic ring is 1. The summed E-state index contributed by atoms with van der Waals surface area (Å²) in [6.45, 7) is 3.95. The Hall–Kier alpha value is -1.71. The first-order chi connectivity index (χ1) is 8.50. The number of amides is 1. The van der Waals surface area contributed by atoms with Gasteiger partial charge in [-0.15, -0.1) is 0 Å². The fourth-order valence-corrected chi connectivity index (χ4v) is 1.97. The molecule has 1 aromatic rings. The van der Waals surface area contributed by atoms with E-state index in [0.717, 1.165) is 29.7 Å². The number of likely N-dealkylation sites (N-methyl/N-ethyl adjacent to an activating group) is 1. The lowest BCUT2D eigenvalue weighted by molar-refractivity contribution is -0.132. The summed E-state index contributed by atoms with van der Waals surface area (Å²) in [6, 6.07) is 4.19. The molecule has 0 bridgehead atoms. The van der Waals surface area contributed by atoms with E-state index < -0.39 is 0 Å². The molecule has 4 nitrogen and oxygen atoms in total. The average Bonchev–Trinajstić information content (AvgIpc) is 3.17. The van der Waals surface area contributed by atoms with Gasteiger partial charge in [-0.2, -0.15) is 0 Å². The topological polar surface area (TPSA) is 55.6 Å². The number of benzene rings is 1. The maximum absolute atomic E-state index is 11.9. The first-order valence-corrected chi connectivity index (χ1v) is 6.25. The Balaban J connectivity index is 2.01. The molecule has 0 aliphatic heterocycles. The number of anilines is 1. The Bertz CT molecular complexity index is 467. The number of nitrogens with zero attached hydrogens (tertiary/aromatic N) is 1. The largest absolute Gasteiger partial charge is 0.483 e. The Morgan fingerprint density at radius 1 is 1.44 bits per heavy atom. The molecule has 0 saturated heterocycles. The van der Waals surface area contributed by atoms with Crippen molar-refractivity contribution < 1.29 is 9.53 Å². The van der Waals surface area contributed by atoms with Gasteiger partial charge in [0.15, 0.2) is 6.61 Å². The number of nitrogens with two attached hydrogens (primary N) is 1. The van der Waals surface area contributed by atoms with Crippen molar-refractivity contribution in [2.45, 2.75) is 32.7 Å². The van der Waals surface area contributed by atoms with Crippen molar-refractivity contribution in [1.29, 1.82) is 0 Å². The van der Waals surface area contributed by atoms with Gasteiger partial charge in [-0.3, -0.25) is 4.79 Å². The summed E-state index contributed by atoms with van der Waals surface area (Å²) in [5.41, 5.74) is 8.43. The lowest BCUT2D eigenvalue weighted by Crippen LogP contribution is -2.33. The van der Waals surface area contributed by atoms with Crippen molar-refractivity contribution in [3.8, 4) is 5.75 Å². The molecule has 0 aromatic heterocycles. The zero-order valence-corrected chi connectivity index (χ0v) is 11.2. The van der Waals surface area contributed by atoms with Crippen molar-refractivity contribution in [3.05, 3.63) is 23.3 Å². The minimum Gasteiger partial charge on any atom is -0.483 e. The average molecular weight is 248 g/mol. The van der Waals surface area contributed by atoms with Crippen LogP contribution in [0.3, 0.4) is 0 Å². The second-order valence-electron chi connectivity index (χ2n) is 4.95. The number of rotatable bonds is 4. The first-order valence-electron chi connectivity index (χ1n) is 6.25. The van der Waals surface area contributed by atoms with Gasteiger partial charge in [0.05, 0.1) is 0 Å². The highest BCUT2D eigenvalue weighted by atomic mass is 16.5. The molecule has 0 heterocycles. The molecule has 1 aliphatic rings. The highest BCUT2D eigenvalue weighted by molar-refractivity contribution is 5.78. The van der Waals surface area contributed by atoms with Crippen LogP contribution < -0.4 is 10.5 Å². The fourth-order valence-electron chi connectivity index (χ4n) is 1.97. The second kappa shape index (κ2) is 4.88. The van der Waals surface area contributed by atoms with Crippen LogP contribution in [0.15, 0.2) is 12.1 Å². The summed E-state index contributed by atoms with van der Waals surface area (Å²) in [7, 11) is 1.84. The number of ether oxygens (including phenoxy) is 1. The number of hydrogen-bond acceptors (Lipinski definition) is 3. The Morgan fingerprint density at radius 3 is 2.72 bits per heavy atom. The molecule has 2 N–H and O–H groups in total. The molecule has 2 rings (SSSR count). The maximum Gasteiger partial charge on any atom is 0.260 e. The quantitative estimate of drug-likeness (QED) is 0.828. The van der Waals surface area contributed by atoms with Crippen LogP contribution in [0.4, 0.5) is 5.69 Å². The maximum atomic E-state index is 11.9. The summed E-state index contributed by atoms with van der Waals surface area (Å²) < 4.78 is 5.64. The van der Waals surface area contributed by atoms with E-state index in [9.17, 15) is 4.79 Å². The number of carbonyl (C=O) groups excluding carboxylic acids is 1. The van der Waals surface area contributed by atoms with Gasteiger partial charge in [0.1, 0.15) is 5.75 Å². The van der Waals surface area contributed by atoms with Crippen LogP contribution >= 0.6 is 0 Å². The van der Waals surface area contributed by atoms with Crippen molar-refractivity contribution >= 4 is 11.6 Å². The molecule has 1 aliphatic carbocycles. The van der Waals surface area contributed by atoms with Gasteiger partial charge in [0.2, 0.25) is 0 Å². The van der Waals surface area contributed by atoms with Crippen LogP contribution in [-0.2, 0) is 4.79 Å². The van der Waals surface area contributed by atoms with E-state index >= 15 is 0 Å². The first kappa shape index (κ1) is 12.7. The molecule has 0 unspecified atom stereocenters. The predicted molar refractivity (Wildman–Crippen MR) is 71.6 cm³/mol. The molecule has 0 radical (unpaired) electrons. The summed E-state index contributed by atoms with van der Waals surface area (Å²) in [5.74, 6) is 0.756. The normalized spacial score (nSPS) is 14.4. The van der Waals surface area contributed by atoms with Gasteiger partial charge in [-0.05, 0) is 38.3 Å². The molecule has 1 amide bonds. The van der Waals surface area contributed by atoms with E-state index in [4.69, 9.17) is 10.5 Å². The summed E-state index contributed by atoms with van der Waals surface area (Å²) in [4.78, 5) is 13.6. The highest BCUT2D eigenvalue weighted by Crippen LogP contribution is 2.28. The van der Waals surface area contributed by atoms with E-state index in [2.05, 4.69) is 0 Å². The lowest BCUT2D eigenvalue weighted by atomic mass is 10.1. The highest BCUT2D eigenvalue weighted by Gasteiger charge is 2.29. The van der Waals surface area contributed by atoms with E-state index in [1.54, 1.807) is 4.90 Å². The smallest absolute Gasteiger partial charge is 0.260 e. The molecular weight excluding hydrogens is 228 g/mol. The summed E-state index contributed by atoms with van der Waals surface area (Å²) in [6.07, 6.45) is 2.22. The summed E-state index contributed by atoms with van der Waals surface area (Å²) in [5, 5.41) is 0. The Kier molecular flexibility index (Phi) is 3.45. The van der Waals surface area contributed by atoms with Gasteiger partial charge in [-0.25, -0.2) is 0 Å². The van der Waals surface area contributed by atoms with E-state index in [0.29, 0.717) is 11.7 Å². The van der Waals surface area contributed by atoms with Gasteiger partial charge in [0, 0.05) is 24.3 Å². The van der Waals surface area contributed by atoms with Crippen LogP contribution in [0.1, 0.15) is 24.0 Å². The zero-order chi connectivity index (χ0) is 13.3. The number of aryl methyl sites for hydroxylation is 1. The van der Waals surface area contributed by atoms with E-state index in [-0.39, 0.29) is 12.5 Å². The molecule has 98 valence electrons. The minimum absolute atomic E-state index is 0.0266. The standard InChI is InChI=1S/C14H20N2O2/c1-9-4-7-12(15)10(2)14(9)18-8-13(17)16(3)11-5-6-11/h4,7,11H,5-6,8,15H2,1-3H3. The predicted octanol–water partition coefficient (Wildman–Crippen LogP) is 1.89. The monoisotopic (exact) mass is 248 g/mol. The molecule has 18 heavy (non-hydrogen) atoms. The molecule has 1 fully saturated rings. The van der Waals surface area contributed by atoms with Gasteiger partial charge >= 0.3 is 0 Å². The number of hydrogen-bond donors (Lipinski definition) is 1. The van der Waals surface area contributed by atoms with Crippen molar-refractivity contribution in [3.63, 3.8) is 0 Å². The van der Waals surface area contributed by atoms with Gasteiger partial charge < -0.3 is 15.4 Å². The molecule has 1 saturated carbocycles. The third kappa shape index (κ3) is 2.58. The van der Waals surface area contributed by atoms with Crippen LogP contribution in [0.2, 0.25) is 0 Å². The SMILES string of the molecule is Cc1ccc(N)c(C)c1OCC(=O)N(C)C1CC1. The van der Waals surface area contributed by atoms with Crippen molar-refractivity contribution in [2.24, 2.45) is 0 Å². The third-order valence-corrected chi connectivity index (χ3v) is 3.47.